The number of benzene rings is 2. The smallest absolute Gasteiger partial charge is 0.338 e. The van der Waals surface area contributed by atoms with Crippen molar-refractivity contribution < 1.29 is 23.5 Å². The molecule has 0 bridgehead atoms. The topological polar surface area (TPSA) is 98.1 Å². The summed E-state index contributed by atoms with van der Waals surface area (Å²) in [6.07, 6.45) is 4.14. The number of nitrogens with zero attached hydrogens (tertiary/aromatic N) is 4. The van der Waals surface area contributed by atoms with Crippen molar-refractivity contribution in [1.82, 2.24) is 19.3 Å². The predicted molar refractivity (Wildman–Crippen MR) is 183 cm³/mol. The van der Waals surface area contributed by atoms with Gasteiger partial charge in [-0.25, -0.2) is 19.2 Å². The van der Waals surface area contributed by atoms with Crippen LogP contribution < -0.4 is 10.1 Å². The molecule has 8 rings (SSSR count). The highest BCUT2D eigenvalue weighted by Gasteiger charge is 2.67. The van der Waals surface area contributed by atoms with Crippen molar-refractivity contribution >= 4 is 46.4 Å². The molecule has 1 N–H and O–H groups in total. The summed E-state index contributed by atoms with van der Waals surface area (Å²) >= 11 is 12.7. The lowest BCUT2D eigenvalue weighted by molar-refractivity contribution is -0.129. The zero-order chi connectivity index (χ0) is 34.2. The second kappa shape index (κ2) is 11.8. The second-order valence-corrected chi connectivity index (χ2v) is 13.6. The number of aryl methyl sites for hydroxylation is 1. The summed E-state index contributed by atoms with van der Waals surface area (Å²) in [7, 11) is 1.35. The average molecular weight is 701 g/mol. The van der Waals surface area contributed by atoms with Crippen LogP contribution in [0.2, 0.25) is 10.2 Å². The van der Waals surface area contributed by atoms with Crippen LogP contribution in [0, 0.1) is 12.7 Å². The second-order valence-electron chi connectivity index (χ2n) is 12.8. The van der Waals surface area contributed by atoms with Crippen LogP contribution in [0.3, 0.4) is 0 Å². The maximum absolute atomic E-state index is 16.4. The Bertz CT molecular complexity index is 2190. The third kappa shape index (κ3) is 4.75. The lowest BCUT2D eigenvalue weighted by Crippen LogP contribution is -2.61. The fourth-order valence-corrected chi connectivity index (χ4v) is 8.79. The zero-order valence-electron chi connectivity index (χ0n) is 27.0. The van der Waals surface area contributed by atoms with E-state index in [-0.39, 0.29) is 17.1 Å². The molecule has 0 saturated carbocycles. The first kappa shape index (κ1) is 31.7. The van der Waals surface area contributed by atoms with Gasteiger partial charge in [-0.15, -0.1) is 0 Å². The normalized spacial score (nSPS) is 22.6. The van der Waals surface area contributed by atoms with Crippen molar-refractivity contribution in [2.24, 2.45) is 0 Å². The largest absolute Gasteiger partial charge is 0.494 e. The van der Waals surface area contributed by atoms with Gasteiger partial charge in [0.05, 0.1) is 25.0 Å². The number of imidazole rings is 1. The van der Waals surface area contributed by atoms with Gasteiger partial charge in [-0.2, -0.15) is 0 Å². The maximum atomic E-state index is 16.4. The van der Waals surface area contributed by atoms with E-state index < -0.39 is 29.2 Å². The summed E-state index contributed by atoms with van der Waals surface area (Å²) in [6, 6.07) is 16.4. The number of amides is 1. The molecule has 2 aromatic carbocycles. The molecule has 1 spiro atoms. The number of nitrogens with one attached hydrogen (secondary N) is 1. The fraction of sp³-hybridized carbons (Fsp3) is 0.297. The van der Waals surface area contributed by atoms with Crippen molar-refractivity contribution in [2.45, 2.75) is 56.7 Å². The molecule has 9 nitrogen and oxygen atoms in total. The molecule has 1 fully saturated rings. The number of likely N-dealkylation sites (tertiary alicyclic amines) is 1. The number of fused-ring (bicyclic) bond motifs is 6. The minimum absolute atomic E-state index is 0.248. The van der Waals surface area contributed by atoms with E-state index in [1.54, 1.807) is 24.3 Å². The Morgan fingerprint density at radius 3 is 2.80 bits per heavy atom. The molecule has 2 aliphatic heterocycles. The Balaban J connectivity index is 1.38. The SMILES string of the molecule is CCOc1cccc(CN2[C@H]3Cc4c(nc5c(C)c(C(=O)OC)ccn45)[C@H]3[C@H](c3ccnc(Cl)c3F)[C@@]23Cc2ccc(Cl)cc2NC3=O)c1. The molecule has 4 atom stereocenters. The summed E-state index contributed by atoms with van der Waals surface area (Å²) in [5, 5.41) is 3.39. The Labute approximate surface area is 292 Å². The minimum atomic E-state index is -1.26. The molecule has 5 heterocycles. The molecule has 5 aromatic rings. The third-order valence-corrected chi connectivity index (χ3v) is 10.9. The van der Waals surface area contributed by atoms with Gasteiger partial charge >= 0.3 is 5.97 Å². The number of hydrogen-bond acceptors (Lipinski definition) is 7. The minimum Gasteiger partial charge on any atom is -0.494 e. The van der Waals surface area contributed by atoms with E-state index >= 15 is 4.39 Å². The van der Waals surface area contributed by atoms with Gasteiger partial charge in [0, 0.05) is 71.6 Å². The average Bonchev–Trinajstić information content (AvgIpc) is 3.70. The van der Waals surface area contributed by atoms with Gasteiger partial charge in [-0.05, 0) is 66.9 Å². The van der Waals surface area contributed by atoms with E-state index in [1.807, 2.05) is 54.8 Å². The standard InChI is InChI=1S/C37H32Cl2FN5O4/c1-4-49-23-7-5-6-20(14-23)18-45-27-16-28-32(43-34-19(2)24(35(46)48-3)11-13-44(28)34)29(27)30(25-10-12-41-33(39)31(25)40)37(45)17-21-8-9-22(38)15-26(21)42-36(37)47/h5-15,27,29-30H,4,16-18H2,1-3H3,(H,42,47)/t27-,29+,30-,37+/m0/s1. The van der Waals surface area contributed by atoms with E-state index in [0.29, 0.717) is 59.0 Å². The highest BCUT2D eigenvalue weighted by atomic mass is 35.5. The summed E-state index contributed by atoms with van der Waals surface area (Å²) in [6.45, 7) is 4.67. The number of hydrogen-bond donors (Lipinski definition) is 1. The van der Waals surface area contributed by atoms with Gasteiger partial charge in [0.1, 0.15) is 16.9 Å². The summed E-state index contributed by atoms with van der Waals surface area (Å²) in [5.74, 6) is -1.79. The van der Waals surface area contributed by atoms with Crippen molar-refractivity contribution in [3.63, 3.8) is 0 Å². The number of halogens is 3. The first-order chi connectivity index (χ1) is 23.7. The van der Waals surface area contributed by atoms with Gasteiger partial charge in [-0.1, -0.05) is 41.4 Å². The van der Waals surface area contributed by atoms with Crippen molar-refractivity contribution in [2.75, 3.05) is 19.0 Å². The van der Waals surface area contributed by atoms with Crippen LogP contribution in [0.1, 0.15) is 62.8 Å². The first-order valence-electron chi connectivity index (χ1n) is 16.1. The van der Waals surface area contributed by atoms with Gasteiger partial charge in [0.25, 0.3) is 0 Å². The Morgan fingerprint density at radius 2 is 2.00 bits per heavy atom. The lowest BCUT2D eigenvalue weighted by Gasteiger charge is -2.46. The number of esters is 1. The molecular formula is C37H32Cl2FN5O4. The van der Waals surface area contributed by atoms with E-state index in [9.17, 15) is 9.59 Å². The van der Waals surface area contributed by atoms with Crippen LogP contribution in [-0.4, -0.2) is 56.4 Å². The first-order valence-corrected chi connectivity index (χ1v) is 16.9. The van der Waals surface area contributed by atoms with Crippen LogP contribution in [0.15, 0.2) is 67.0 Å². The van der Waals surface area contributed by atoms with Crippen LogP contribution in [0.5, 0.6) is 5.75 Å². The molecule has 0 radical (unpaired) electrons. The van der Waals surface area contributed by atoms with Crippen LogP contribution in [0.4, 0.5) is 10.1 Å². The predicted octanol–water partition coefficient (Wildman–Crippen LogP) is 6.91. The number of rotatable bonds is 6. The molecule has 1 saturated heterocycles. The Morgan fingerprint density at radius 1 is 1.16 bits per heavy atom. The third-order valence-electron chi connectivity index (χ3n) is 10.4. The quantitative estimate of drug-likeness (QED) is 0.152. The lowest BCUT2D eigenvalue weighted by atomic mass is 9.69. The summed E-state index contributed by atoms with van der Waals surface area (Å²) < 4.78 is 29.2. The highest BCUT2D eigenvalue weighted by molar-refractivity contribution is 6.31. The monoisotopic (exact) mass is 699 g/mol. The van der Waals surface area contributed by atoms with Crippen molar-refractivity contribution in [3.8, 4) is 5.75 Å². The molecule has 250 valence electrons. The highest BCUT2D eigenvalue weighted by Crippen LogP contribution is 2.61. The molecule has 3 aromatic heterocycles. The number of carbonyl (C=O) groups excluding carboxylic acids is 2. The fourth-order valence-electron chi connectivity index (χ4n) is 8.45. The molecule has 1 aliphatic carbocycles. The summed E-state index contributed by atoms with van der Waals surface area (Å²) in [4.78, 5) is 38.9. The number of anilines is 1. The summed E-state index contributed by atoms with van der Waals surface area (Å²) in [5.41, 5.74) is 4.91. The molecule has 1 amide bonds. The molecule has 0 unspecified atom stereocenters. The van der Waals surface area contributed by atoms with Crippen molar-refractivity contribution in [3.05, 3.63) is 122 Å². The Hall–Kier alpha value is -4.51. The van der Waals surface area contributed by atoms with Gasteiger partial charge in [-0.3, -0.25) is 9.69 Å². The molecule has 12 heteroatoms. The maximum Gasteiger partial charge on any atom is 0.338 e. The van der Waals surface area contributed by atoms with Gasteiger partial charge in [0.2, 0.25) is 5.91 Å². The number of carbonyl (C=O) groups is 2. The van der Waals surface area contributed by atoms with E-state index in [4.69, 9.17) is 37.7 Å². The van der Waals surface area contributed by atoms with Crippen molar-refractivity contribution in [1.29, 1.82) is 0 Å². The molecule has 49 heavy (non-hydrogen) atoms. The van der Waals surface area contributed by atoms with Crippen LogP contribution in [0.25, 0.3) is 5.65 Å². The van der Waals surface area contributed by atoms with E-state index in [0.717, 1.165) is 28.3 Å². The number of pyridine rings is 2. The Kier molecular flexibility index (Phi) is 7.66. The molecule has 3 aliphatic rings. The van der Waals surface area contributed by atoms with Crippen LogP contribution in [-0.2, 0) is 28.9 Å². The number of aromatic nitrogens is 3. The van der Waals surface area contributed by atoms with Gasteiger partial charge < -0.3 is 19.2 Å². The number of ether oxygens (including phenoxy) is 2. The van der Waals surface area contributed by atoms with E-state index in [2.05, 4.69) is 15.2 Å². The zero-order valence-corrected chi connectivity index (χ0v) is 28.5. The van der Waals surface area contributed by atoms with Gasteiger partial charge in [0.15, 0.2) is 11.0 Å². The van der Waals surface area contributed by atoms with Crippen LogP contribution >= 0.6 is 23.2 Å². The number of methoxy groups -OCH3 is 1. The van der Waals surface area contributed by atoms with E-state index in [1.165, 1.54) is 13.3 Å². The molecular weight excluding hydrogens is 668 g/mol.